The molecule has 5 heteroatoms. The highest BCUT2D eigenvalue weighted by atomic mass is 32.1. The number of aromatic nitrogens is 1. The lowest BCUT2D eigenvalue weighted by Gasteiger charge is -2.55. The van der Waals surface area contributed by atoms with Crippen LogP contribution < -0.4 is 0 Å². The molecule has 2 aliphatic carbocycles. The zero-order valence-electron chi connectivity index (χ0n) is 10.1. The molecule has 3 rings (SSSR count). The van der Waals surface area contributed by atoms with Crippen molar-refractivity contribution in [3.63, 3.8) is 0 Å². The fraction of sp³-hybridized carbons (Fsp3) is 0.692. The summed E-state index contributed by atoms with van der Waals surface area (Å²) in [6.07, 6.45) is 6.59. The molecule has 0 aromatic carbocycles. The number of thiazole rings is 1. The predicted octanol–water partition coefficient (Wildman–Crippen LogP) is 2.39. The number of carboxylic acid groups (broad SMARTS) is 1. The number of nitrogens with zero attached hydrogens (tertiary/aromatic N) is 1. The van der Waals surface area contributed by atoms with Gasteiger partial charge in [-0.3, -0.25) is 4.79 Å². The van der Waals surface area contributed by atoms with E-state index in [0.29, 0.717) is 0 Å². The Morgan fingerprint density at radius 3 is 2.56 bits per heavy atom. The zero-order valence-corrected chi connectivity index (χ0v) is 10.9. The molecule has 0 amide bonds. The van der Waals surface area contributed by atoms with E-state index >= 15 is 0 Å². The fourth-order valence-corrected chi connectivity index (χ4v) is 4.36. The van der Waals surface area contributed by atoms with E-state index in [-0.39, 0.29) is 11.3 Å². The van der Waals surface area contributed by atoms with Crippen LogP contribution in [0.1, 0.15) is 43.5 Å². The van der Waals surface area contributed by atoms with Gasteiger partial charge in [0.1, 0.15) is 10.6 Å². The van der Waals surface area contributed by atoms with E-state index < -0.39 is 11.6 Å². The first kappa shape index (κ1) is 12.1. The Kier molecular flexibility index (Phi) is 2.71. The summed E-state index contributed by atoms with van der Waals surface area (Å²) >= 11 is 1.50. The molecule has 2 N–H and O–H groups in total. The summed E-state index contributed by atoms with van der Waals surface area (Å²) in [6.45, 7) is 0. The van der Waals surface area contributed by atoms with Gasteiger partial charge in [0.2, 0.25) is 0 Å². The lowest BCUT2D eigenvalue weighted by Crippen LogP contribution is -2.51. The molecule has 0 unspecified atom stereocenters. The second kappa shape index (κ2) is 4.03. The van der Waals surface area contributed by atoms with E-state index in [1.807, 2.05) is 5.38 Å². The van der Waals surface area contributed by atoms with Crippen molar-refractivity contribution in [2.45, 2.75) is 44.1 Å². The Labute approximate surface area is 110 Å². The van der Waals surface area contributed by atoms with Crippen LogP contribution in [0.15, 0.2) is 11.6 Å². The van der Waals surface area contributed by atoms with Crippen LogP contribution in [0.3, 0.4) is 0 Å². The minimum absolute atomic E-state index is 0.173. The van der Waals surface area contributed by atoms with Crippen LogP contribution in [0.5, 0.6) is 0 Å². The maximum Gasteiger partial charge on any atom is 0.306 e. The van der Waals surface area contributed by atoms with Crippen molar-refractivity contribution < 1.29 is 15.0 Å². The molecule has 0 saturated heterocycles. The van der Waals surface area contributed by atoms with Gasteiger partial charge in [-0.05, 0) is 43.9 Å². The molecule has 4 nitrogen and oxygen atoms in total. The van der Waals surface area contributed by atoms with Crippen molar-refractivity contribution >= 4 is 17.3 Å². The van der Waals surface area contributed by atoms with Gasteiger partial charge in [0.25, 0.3) is 0 Å². The summed E-state index contributed by atoms with van der Waals surface area (Å²) in [6, 6.07) is 0. The molecule has 0 bridgehead atoms. The third kappa shape index (κ3) is 1.86. The van der Waals surface area contributed by atoms with E-state index in [2.05, 4.69) is 4.98 Å². The maximum absolute atomic E-state index is 10.9. The third-order valence-corrected chi connectivity index (χ3v) is 5.53. The molecule has 2 saturated carbocycles. The molecule has 1 heterocycles. The van der Waals surface area contributed by atoms with Crippen LogP contribution in [0.2, 0.25) is 0 Å². The van der Waals surface area contributed by atoms with Gasteiger partial charge in [-0.15, -0.1) is 11.3 Å². The van der Waals surface area contributed by atoms with E-state index in [1.54, 1.807) is 6.20 Å². The van der Waals surface area contributed by atoms with Crippen molar-refractivity contribution in [1.29, 1.82) is 0 Å². The topological polar surface area (TPSA) is 70.4 Å². The number of rotatable bonds is 2. The molecule has 2 fully saturated rings. The van der Waals surface area contributed by atoms with Crippen molar-refractivity contribution in [2.24, 2.45) is 11.3 Å². The van der Waals surface area contributed by atoms with Gasteiger partial charge >= 0.3 is 5.97 Å². The van der Waals surface area contributed by atoms with Crippen LogP contribution in [-0.4, -0.2) is 21.2 Å². The number of aliphatic hydroxyl groups is 1. The van der Waals surface area contributed by atoms with Gasteiger partial charge in [-0.25, -0.2) is 4.98 Å². The molecule has 2 aliphatic rings. The lowest BCUT2D eigenvalue weighted by atomic mass is 9.52. The monoisotopic (exact) mass is 267 g/mol. The van der Waals surface area contributed by atoms with Crippen molar-refractivity contribution in [3.05, 3.63) is 16.6 Å². The second-order valence-electron chi connectivity index (χ2n) is 5.83. The Morgan fingerprint density at radius 1 is 1.39 bits per heavy atom. The predicted molar refractivity (Wildman–Crippen MR) is 67.3 cm³/mol. The Morgan fingerprint density at radius 2 is 2.06 bits per heavy atom. The molecule has 18 heavy (non-hydrogen) atoms. The highest BCUT2D eigenvalue weighted by Gasteiger charge is 2.56. The zero-order chi connectivity index (χ0) is 12.8. The molecular formula is C13H17NO3S. The van der Waals surface area contributed by atoms with Crippen LogP contribution in [0.4, 0.5) is 0 Å². The van der Waals surface area contributed by atoms with Crippen molar-refractivity contribution in [2.75, 3.05) is 0 Å². The smallest absolute Gasteiger partial charge is 0.306 e. The van der Waals surface area contributed by atoms with Gasteiger partial charge in [0, 0.05) is 11.6 Å². The fourth-order valence-electron chi connectivity index (χ4n) is 3.62. The Bertz CT molecular complexity index is 441. The highest BCUT2D eigenvalue weighted by Crippen LogP contribution is 2.61. The maximum atomic E-state index is 10.9. The van der Waals surface area contributed by atoms with Gasteiger partial charge < -0.3 is 10.2 Å². The largest absolute Gasteiger partial charge is 0.481 e. The van der Waals surface area contributed by atoms with Gasteiger partial charge in [-0.2, -0.15) is 0 Å². The third-order valence-electron chi connectivity index (χ3n) is 4.56. The van der Waals surface area contributed by atoms with Crippen molar-refractivity contribution in [1.82, 2.24) is 4.98 Å². The van der Waals surface area contributed by atoms with Crippen molar-refractivity contribution in [3.8, 4) is 0 Å². The molecule has 0 aliphatic heterocycles. The number of hydrogen-bond donors (Lipinski definition) is 2. The van der Waals surface area contributed by atoms with E-state index in [4.69, 9.17) is 5.11 Å². The lowest BCUT2D eigenvalue weighted by molar-refractivity contribution is -0.161. The average molecular weight is 267 g/mol. The van der Waals surface area contributed by atoms with Crippen LogP contribution in [0, 0.1) is 11.3 Å². The first-order valence-corrected chi connectivity index (χ1v) is 7.26. The first-order chi connectivity index (χ1) is 8.53. The summed E-state index contributed by atoms with van der Waals surface area (Å²) in [4.78, 5) is 15.1. The molecule has 0 radical (unpaired) electrons. The summed E-state index contributed by atoms with van der Waals surface area (Å²) in [5.74, 6) is -0.844. The summed E-state index contributed by atoms with van der Waals surface area (Å²) in [7, 11) is 0. The van der Waals surface area contributed by atoms with E-state index in [9.17, 15) is 9.90 Å². The Balaban J connectivity index is 1.64. The SMILES string of the molecule is O=C(O)C1CCC2(CC1)CC(O)(c1nccs1)C2. The van der Waals surface area contributed by atoms with E-state index in [0.717, 1.165) is 43.5 Å². The molecule has 0 atom stereocenters. The van der Waals surface area contributed by atoms with Gasteiger partial charge in [0.15, 0.2) is 0 Å². The summed E-state index contributed by atoms with van der Waals surface area (Å²) < 4.78 is 0. The Hall–Kier alpha value is -0.940. The van der Waals surface area contributed by atoms with Crippen LogP contribution in [0.25, 0.3) is 0 Å². The average Bonchev–Trinajstić information content (AvgIpc) is 2.81. The minimum atomic E-state index is -0.746. The normalized spacial score (nSPS) is 39.5. The van der Waals surface area contributed by atoms with Gasteiger partial charge in [-0.1, -0.05) is 0 Å². The standard InChI is InChI=1S/C13H17NO3S/c15-10(16)9-1-3-12(4-2-9)7-13(17,8-12)11-14-5-6-18-11/h5-6,9,17H,1-4,7-8H2,(H,15,16). The second-order valence-corrected chi connectivity index (χ2v) is 6.73. The number of hydrogen-bond acceptors (Lipinski definition) is 4. The van der Waals surface area contributed by atoms with E-state index in [1.165, 1.54) is 11.3 Å². The number of carboxylic acids is 1. The quantitative estimate of drug-likeness (QED) is 0.863. The molecule has 1 aromatic rings. The molecule has 98 valence electrons. The molecule has 1 spiro atoms. The minimum Gasteiger partial charge on any atom is -0.481 e. The number of aliphatic carboxylic acids is 1. The first-order valence-electron chi connectivity index (χ1n) is 6.38. The van der Waals surface area contributed by atoms with Gasteiger partial charge in [0.05, 0.1) is 5.92 Å². The van der Waals surface area contributed by atoms with Crippen LogP contribution >= 0.6 is 11.3 Å². The molecule has 1 aromatic heterocycles. The van der Waals surface area contributed by atoms with Crippen LogP contribution in [-0.2, 0) is 10.4 Å². The molecular weight excluding hydrogens is 250 g/mol. The summed E-state index contributed by atoms with van der Waals surface area (Å²) in [5, 5.41) is 22.2. The summed E-state index contributed by atoms with van der Waals surface area (Å²) in [5.41, 5.74) is -0.573. The highest BCUT2D eigenvalue weighted by molar-refractivity contribution is 7.09. The number of carbonyl (C=O) groups is 1.